The van der Waals surface area contributed by atoms with E-state index in [1.807, 2.05) is 30.3 Å². The van der Waals surface area contributed by atoms with E-state index in [0.29, 0.717) is 19.6 Å². The van der Waals surface area contributed by atoms with Gasteiger partial charge in [-0.05, 0) is 18.6 Å². The maximum absolute atomic E-state index is 11.9. The van der Waals surface area contributed by atoms with E-state index in [1.54, 1.807) is 19.4 Å². The standard InChI is InChI=1S/C16H17N3O2/c1-21-8-4-7-18-16(20)12(10-17)9-13-11-19-15-6-3-2-5-14(13)15/h2-3,5-6,9,11,19H,4,7-8H2,1H3,(H,18,20)/b12-9+. The number of hydrogen-bond acceptors (Lipinski definition) is 3. The molecule has 2 aromatic rings. The quantitative estimate of drug-likeness (QED) is 0.485. The molecule has 0 atom stereocenters. The molecule has 0 saturated heterocycles. The molecule has 0 bridgehead atoms. The van der Waals surface area contributed by atoms with E-state index < -0.39 is 0 Å². The first-order valence-electron chi connectivity index (χ1n) is 6.71. The Bertz CT molecular complexity index is 695. The maximum Gasteiger partial charge on any atom is 0.261 e. The summed E-state index contributed by atoms with van der Waals surface area (Å²) in [6.45, 7) is 1.06. The highest BCUT2D eigenvalue weighted by Crippen LogP contribution is 2.20. The van der Waals surface area contributed by atoms with Crippen LogP contribution in [0.5, 0.6) is 0 Å². The second kappa shape index (κ2) is 7.27. The second-order valence-electron chi connectivity index (χ2n) is 4.56. The summed E-state index contributed by atoms with van der Waals surface area (Å²) in [6.07, 6.45) is 4.11. The van der Waals surface area contributed by atoms with Crippen LogP contribution in [-0.2, 0) is 9.53 Å². The predicted octanol–water partition coefficient (Wildman–Crippen LogP) is 2.23. The highest BCUT2D eigenvalue weighted by atomic mass is 16.5. The van der Waals surface area contributed by atoms with Gasteiger partial charge in [0.2, 0.25) is 0 Å². The van der Waals surface area contributed by atoms with Gasteiger partial charge in [0.15, 0.2) is 0 Å². The van der Waals surface area contributed by atoms with Crippen molar-refractivity contribution in [1.82, 2.24) is 10.3 Å². The van der Waals surface area contributed by atoms with Crippen LogP contribution in [0.4, 0.5) is 0 Å². The SMILES string of the molecule is COCCCNC(=O)/C(C#N)=C/c1c[nH]c2ccccc12. The van der Waals surface area contributed by atoms with Crippen molar-refractivity contribution in [3.63, 3.8) is 0 Å². The molecule has 5 heteroatoms. The monoisotopic (exact) mass is 283 g/mol. The summed E-state index contributed by atoms with van der Waals surface area (Å²) < 4.78 is 4.91. The van der Waals surface area contributed by atoms with Gasteiger partial charge >= 0.3 is 0 Å². The molecule has 1 aromatic heterocycles. The van der Waals surface area contributed by atoms with Crippen molar-refractivity contribution in [3.05, 3.63) is 41.6 Å². The molecule has 2 N–H and O–H groups in total. The van der Waals surface area contributed by atoms with Crippen molar-refractivity contribution in [2.75, 3.05) is 20.3 Å². The molecule has 0 saturated carbocycles. The summed E-state index contributed by atoms with van der Waals surface area (Å²) in [5.74, 6) is -0.362. The van der Waals surface area contributed by atoms with Crippen LogP contribution in [-0.4, -0.2) is 31.2 Å². The van der Waals surface area contributed by atoms with Gasteiger partial charge in [0.1, 0.15) is 11.6 Å². The smallest absolute Gasteiger partial charge is 0.261 e. The Morgan fingerprint density at radius 1 is 1.48 bits per heavy atom. The van der Waals surface area contributed by atoms with Crippen molar-refractivity contribution < 1.29 is 9.53 Å². The number of carbonyl (C=O) groups excluding carboxylic acids is 1. The molecule has 0 aliphatic carbocycles. The topological polar surface area (TPSA) is 77.9 Å². The van der Waals surface area contributed by atoms with Gasteiger partial charge in [-0.2, -0.15) is 5.26 Å². The van der Waals surface area contributed by atoms with Crippen LogP contribution >= 0.6 is 0 Å². The number of benzene rings is 1. The summed E-state index contributed by atoms with van der Waals surface area (Å²) in [6, 6.07) is 9.70. The fraction of sp³-hybridized carbons (Fsp3) is 0.250. The fourth-order valence-electron chi connectivity index (χ4n) is 2.03. The third kappa shape index (κ3) is 3.71. The van der Waals surface area contributed by atoms with Crippen LogP contribution in [0.15, 0.2) is 36.0 Å². The zero-order valence-corrected chi connectivity index (χ0v) is 11.8. The minimum atomic E-state index is -0.362. The van der Waals surface area contributed by atoms with Crippen LogP contribution in [0.3, 0.4) is 0 Å². The van der Waals surface area contributed by atoms with Crippen molar-refractivity contribution in [3.8, 4) is 6.07 Å². The van der Waals surface area contributed by atoms with E-state index in [4.69, 9.17) is 10.00 Å². The Hall–Kier alpha value is -2.58. The average molecular weight is 283 g/mol. The van der Waals surface area contributed by atoms with Gasteiger partial charge in [0.05, 0.1) is 0 Å². The number of carbonyl (C=O) groups is 1. The molecule has 0 radical (unpaired) electrons. The molecular formula is C16H17N3O2. The number of nitrogens with zero attached hydrogens (tertiary/aromatic N) is 1. The Morgan fingerprint density at radius 2 is 2.29 bits per heavy atom. The fourth-order valence-corrected chi connectivity index (χ4v) is 2.03. The molecule has 2 rings (SSSR count). The van der Waals surface area contributed by atoms with Crippen molar-refractivity contribution in [2.24, 2.45) is 0 Å². The molecule has 108 valence electrons. The Labute approximate surface area is 123 Å². The lowest BCUT2D eigenvalue weighted by atomic mass is 10.1. The van der Waals surface area contributed by atoms with E-state index in [2.05, 4.69) is 10.3 Å². The lowest BCUT2D eigenvalue weighted by molar-refractivity contribution is -0.117. The van der Waals surface area contributed by atoms with Gasteiger partial charge in [-0.3, -0.25) is 4.79 Å². The highest BCUT2D eigenvalue weighted by Gasteiger charge is 2.09. The van der Waals surface area contributed by atoms with E-state index in [9.17, 15) is 4.79 Å². The summed E-state index contributed by atoms with van der Waals surface area (Å²) in [4.78, 5) is 15.1. The molecule has 0 unspecified atom stereocenters. The highest BCUT2D eigenvalue weighted by molar-refractivity contribution is 6.03. The average Bonchev–Trinajstić information content (AvgIpc) is 2.92. The number of rotatable bonds is 6. The number of fused-ring (bicyclic) bond motifs is 1. The number of nitrogens with one attached hydrogen (secondary N) is 2. The van der Waals surface area contributed by atoms with E-state index in [1.165, 1.54) is 0 Å². The lowest BCUT2D eigenvalue weighted by Gasteiger charge is -2.03. The number of para-hydroxylation sites is 1. The van der Waals surface area contributed by atoms with Crippen LogP contribution in [0.2, 0.25) is 0 Å². The van der Waals surface area contributed by atoms with Crippen LogP contribution in [0.1, 0.15) is 12.0 Å². The molecule has 0 aliphatic heterocycles. The lowest BCUT2D eigenvalue weighted by Crippen LogP contribution is -2.26. The summed E-state index contributed by atoms with van der Waals surface area (Å²) in [7, 11) is 1.61. The van der Waals surface area contributed by atoms with Gasteiger partial charge < -0.3 is 15.0 Å². The molecule has 21 heavy (non-hydrogen) atoms. The number of nitriles is 1. The molecule has 5 nitrogen and oxygen atoms in total. The number of H-pyrrole nitrogens is 1. The summed E-state index contributed by atoms with van der Waals surface area (Å²) in [5.41, 5.74) is 1.90. The maximum atomic E-state index is 11.9. The minimum absolute atomic E-state index is 0.0946. The molecule has 0 fully saturated rings. The molecule has 1 heterocycles. The van der Waals surface area contributed by atoms with Crippen molar-refractivity contribution in [2.45, 2.75) is 6.42 Å². The number of amides is 1. The van der Waals surface area contributed by atoms with Gasteiger partial charge in [0.25, 0.3) is 5.91 Å². The molecule has 0 aliphatic rings. The molecule has 1 amide bonds. The van der Waals surface area contributed by atoms with E-state index in [0.717, 1.165) is 16.5 Å². The number of hydrogen-bond donors (Lipinski definition) is 2. The van der Waals surface area contributed by atoms with E-state index in [-0.39, 0.29) is 11.5 Å². The Balaban J connectivity index is 2.13. The van der Waals surface area contributed by atoms with Crippen LogP contribution in [0, 0.1) is 11.3 Å². The third-order valence-corrected chi connectivity index (χ3v) is 3.10. The zero-order chi connectivity index (χ0) is 15.1. The predicted molar refractivity (Wildman–Crippen MR) is 81.4 cm³/mol. The van der Waals surface area contributed by atoms with Gasteiger partial charge in [0, 0.05) is 42.9 Å². The summed E-state index contributed by atoms with van der Waals surface area (Å²) in [5, 5.41) is 12.8. The van der Waals surface area contributed by atoms with E-state index >= 15 is 0 Å². The largest absolute Gasteiger partial charge is 0.385 e. The third-order valence-electron chi connectivity index (χ3n) is 3.10. The van der Waals surface area contributed by atoms with Crippen molar-refractivity contribution in [1.29, 1.82) is 5.26 Å². The number of ether oxygens (including phenoxy) is 1. The Kier molecular flexibility index (Phi) is 5.13. The first-order valence-corrected chi connectivity index (χ1v) is 6.71. The minimum Gasteiger partial charge on any atom is -0.385 e. The molecular weight excluding hydrogens is 266 g/mol. The van der Waals surface area contributed by atoms with Crippen molar-refractivity contribution >= 4 is 22.9 Å². The Morgan fingerprint density at radius 3 is 3.05 bits per heavy atom. The van der Waals surface area contributed by atoms with Gasteiger partial charge in [-0.25, -0.2) is 0 Å². The summed E-state index contributed by atoms with van der Waals surface area (Å²) >= 11 is 0. The molecule has 0 spiro atoms. The first kappa shape index (κ1) is 14.8. The number of aromatic nitrogens is 1. The normalized spacial score (nSPS) is 11.3. The number of methoxy groups -OCH3 is 1. The van der Waals surface area contributed by atoms with Gasteiger partial charge in [-0.1, -0.05) is 18.2 Å². The van der Waals surface area contributed by atoms with Crippen LogP contribution < -0.4 is 5.32 Å². The van der Waals surface area contributed by atoms with Gasteiger partial charge in [-0.15, -0.1) is 0 Å². The number of aromatic amines is 1. The second-order valence-corrected chi connectivity index (χ2v) is 4.56. The first-order chi connectivity index (χ1) is 10.3. The van der Waals surface area contributed by atoms with Crippen LogP contribution in [0.25, 0.3) is 17.0 Å². The molecule has 1 aromatic carbocycles. The zero-order valence-electron chi connectivity index (χ0n) is 11.8.